The summed E-state index contributed by atoms with van der Waals surface area (Å²) in [6.07, 6.45) is 0.0468. The van der Waals surface area contributed by atoms with Crippen molar-refractivity contribution in [2.24, 2.45) is 0 Å². The molecule has 1 aliphatic rings. The highest BCUT2D eigenvalue weighted by atomic mass is 35.5. The molecular formula is C20H19ClN2O5. The Morgan fingerprint density at radius 2 is 2.04 bits per heavy atom. The van der Waals surface area contributed by atoms with Gasteiger partial charge in [-0.1, -0.05) is 11.6 Å². The van der Waals surface area contributed by atoms with Gasteiger partial charge in [-0.3, -0.25) is 14.4 Å². The normalized spacial score (nSPS) is 12.8. The van der Waals surface area contributed by atoms with Crippen LogP contribution in [0.2, 0.25) is 5.02 Å². The number of nitrogens with zero attached hydrogens (tertiary/aromatic N) is 1. The van der Waals surface area contributed by atoms with E-state index in [1.807, 2.05) is 0 Å². The van der Waals surface area contributed by atoms with E-state index < -0.39 is 0 Å². The largest absolute Gasteiger partial charge is 0.495 e. The van der Waals surface area contributed by atoms with Gasteiger partial charge in [0.1, 0.15) is 11.5 Å². The Morgan fingerprint density at radius 3 is 2.75 bits per heavy atom. The first kappa shape index (κ1) is 19.7. The zero-order valence-electron chi connectivity index (χ0n) is 15.5. The third-order valence-corrected chi connectivity index (χ3v) is 4.54. The van der Waals surface area contributed by atoms with Crippen molar-refractivity contribution in [2.45, 2.75) is 13.3 Å². The van der Waals surface area contributed by atoms with Crippen LogP contribution in [0.15, 0.2) is 36.4 Å². The molecule has 1 heterocycles. The molecule has 28 heavy (non-hydrogen) atoms. The zero-order chi connectivity index (χ0) is 20.3. The maximum atomic E-state index is 12.4. The van der Waals surface area contributed by atoms with Crippen LogP contribution >= 0.6 is 11.6 Å². The summed E-state index contributed by atoms with van der Waals surface area (Å²) >= 11 is 5.97. The maximum absolute atomic E-state index is 12.4. The Bertz CT molecular complexity index is 944. The van der Waals surface area contributed by atoms with Crippen LogP contribution < -0.4 is 19.7 Å². The number of hydrogen-bond acceptors (Lipinski definition) is 5. The third-order valence-electron chi connectivity index (χ3n) is 4.31. The fourth-order valence-electron chi connectivity index (χ4n) is 2.87. The molecule has 8 heteroatoms. The summed E-state index contributed by atoms with van der Waals surface area (Å²) < 4.78 is 10.6. The number of ether oxygens (including phenoxy) is 2. The summed E-state index contributed by atoms with van der Waals surface area (Å²) in [5.74, 6) is 0.287. The number of rotatable bonds is 6. The number of hydrogen-bond donors (Lipinski definition) is 1. The topological polar surface area (TPSA) is 84.9 Å². The molecule has 0 saturated heterocycles. The minimum Gasteiger partial charge on any atom is -0.495 e. The van der Waals surface area contributed by atoms with E-state index in [0.717, 1.165) is 0 Å². The molecule has 146 valence electrons. The van der Waals surface area contributed by atoms with E-state index in [-0.39, 0.29) is 37.2 Å². The predicted octanol–water partition coefficient (Wildman–Crippen LogP) is 3.31. The van der Waals surface area contributed by atoms with Crippen molar-refractivity contribution in [2.75, 3.05) is 30.5 Å². The van der Waals surface area contributed by atoms with Crippen molar-refractivity contribution in [1.82, 2.24) is 0 Å². The van der Waals surface area contributed by atoms with Crippen LogP contribution in [-0.2, 0) is 9.59 Å². The molecule has 0 aliphatic carbocycles. The van der Waals surface area contributed by atoms with Gasteiger partial charge < -0.3 is 19.7 Å². The molecule has 2 aromatic carbocycles. The molecule has 0 unspecified atom stereocenters. The van der Waals surface area contributed by atoms with Crippen LogP contribution in [0.4, 0.5) is 11.4 Å². The smallest absolute Gasteiger partial charge is 0.265 e. The van der Waals surface area contributed by atoms with Gasteiger partial charge >= 0.3 is 0 Å². The van der Waals surface area contributed by atoms with Gasteiger partial charge in [0.2, 0.25) is 5.91 Å². The van der Waals surface area contributed by atoms with Gasteiger partial charge in [-0.15, -0.1) is 0 Å². The Labute approximate surface area is 167 Å². The van der Waals surface area contributed by atoms with E-state index in [1.165, 1.54) is 18.9 Å². The molecule has 0 saturated carbocycles. The number of anilines is 2. The molecule has 2 amide bonds. The fraction of sp³-hybridized carbons (Fsp3) is 0.250. The lowest BCUT2D eigenvalue weighted by Gasteiger charge is -2.29. The van der Waals surface area contributed by atoms with Crippen LogP contribution in [-0.4, -0.2) is 37.9 Å². The molecule has 2 aromatic rings. The average Bonchev–Trinajstić information content (AvgIpc) is 2.67. The minimum atomic E-state index is -0.302. The second-order valence-electron chi connectivity index (χ2n) is 6.22. The van der Waals surface area contributed by atoms with Crippen molar-refractivity contribution < 1.29 is 23.9 Å². The van der Waals surface area contributed by atoms with Gasteiger partial charge in [0.05, 0.1) is 18.5 Å². The molecule has 1 N–H and O–H groups in total. The number of Topliss-reactive ketones (excluding diaryl/α,β-unsaturated/α-hetero) is 1. The first-order valence-corrected chi connectivity index (χ1v) is 8.98. The number of fused-ring (bicyclic) bond motifs is 1. The van der Waals surface area contributed by atoms with Crippen LogP contribution in [0.1, 0.15) is 23.7 Å². The second kappa shape index (κ2) is 8.31. The van der Waals surface area contributed by atoms with Crippen molar-refractivity contribution in [1.29, 1.82) is 0 Å². The highest BCUT2D eigenvalue weighted by Crippen LogP contribution is 2.33. The van der Waals surface area contributed by atoms with E-state index in [2.05, 4.69) is 5.32 Å². The molecule has 0 atom stereocenters. The summed E-state index contributed by atoms with van der Waals surface area (Å²) in [5.41, 5.74) is 1.40. The van der Waals surface area contributed by atoms with Gasteiger partial charge in [0.25, 0.3) is 5.91 Å². The van der Waals surface area contributed by atoms with Crippen LogP contribution in [0.25, 0.3) is 0 Å². The summed E-state index contributed by atoms with van der Waals surface area (Å²) in [7, 11) is 1.49. The molecule has 0 aromatic heterocycles. The predicted molar refractivity (Wildman–Crippen MR) is 106 cm³/mol. The third kappa shape index (κ3) is 4.26. The number of carbonyl (C=O) groups excluding carboxylic acids is 3. The maximum Gasteiger partial charge on any atom is 0.265 e. The fourth-order valence-corrected chi connectivity index (χ4v) is 3.04. The monoisotopic (exact) mass is 402 g/mol. The lowest BCUT2D eigenvalue weighted by atomic mass is 10.1. The quantitative estimate of drug-likeness (QED) is 0.749. The van der Waals surface area contributed by atoms with E-state index >= 15 is 0 Å². The Hall–Kier alpha value is -3.06. The Balaban J connectivity index is 1.73. The van der Waals surface area contributed by atoms with E-state index in [4.69, 9.17) is 21.1 Å². The summed E-state index contributed by atoms with van der Waals surface area (Å²) in [6, 6.07) is 9.81. The van der Waals surface area contributed by atoms with E-state index in [1.54, 1.807) is 36.4 Å². The van der Waals surface area contributed by atoms with Crippen molar-refractivity contribution in [3.8, 4) is 11.5 Å². The van der Waals surface area contributed by atoms with Crippen molar-refractivity contribution in [3.63, 3.8) is 0 Å². The molecule has 1 aliphatic heterocycles. The highest BCUT2D eigenvalue weighted by molar-refractivity contribution is 6.31. The summed E-state index contributed by atoms with van der Waals surface area (Å²) in [6.45, 7) is 1.48. The lowest BCUT2D eigenvalue weighted by Crippen LogP contribution is -2.40. The van der Waals surface area contributed by atoms with Gasteiger partial charge in [-0.2, -0.15) is 0 Å². The SMILES string of the molecule is COc1ccc(Cl)cc1NC(=O)CCN1C(=O)COc2ccc(C(C)=O)cc21. The van der Waals surface area contributed by atoms with Crippen LogP contribution in [0.5, 0.6) is 11.5 Å². The zero-order valence-corrected chi connectivity index (χ0v) is 16.2. The standard InChI is InChI=1S/C20H19ClN2O5/c1-12(24)13-3-5-18-16(9-13)23(20(26)11-28-18)8-7-19(25)22-15-10-14(21)4-6-17(15)27-2/h3-6,9-10H,7-8,11H2,1-2H3,(H,22,25). The number of halogens is 1. The summed E-state index contributed by atoms with van der Waals surface area (Å²) in [5, 5.41) is 3.20. The van der Waals surface area contributed by atoms with Gasteiger partial charge in [-0.25, -0.2) is 0 Å². The van der Waals surface area contributed by atoms with E-state index in [9.17, 15) is 14.4 Å². The molecule has 0 spiro atoms. The number of carbonyl (C=O) groups is 3. The number of benzene rings is 2. The Morgan fingerprint density at radius 1 is 1.25 bits per heavy atom. The minimum absolute atomic E-state index is 0.0468. The number of nitrogens with one attached hydrogen (secondary N) is 1. The molecule has 3 rings (SSSR count). The van der Waals surface area contributed by atoms with Gasteiger partial charge in [0.15, 0.2) is 12.4 Å². The average molecular weight is 403 g/mol. The number of methoxy groups -OCH3 is 1. The number of ketones is 1. The first-order valence-electron chi connectivity index (χ1n) is 8.60. The molecule has 0 radical (unpaired) electrons. The van der Waals surface area contributed by atoms with E-state index in [0.29, 0.717) is 33.5 Å². The van der Waals surface area contributed by atoms with Crippen molar-refractivity contribution >= 4 is 40.6 Å². The number of amides is 2. The second-order valence-corrected chi connectivity index (χ2v) is 6.65. The molecule has 7 nitrogen and oxygen atoms in total. The lowest BCUT2D eigenvalue weighted by molar-refractivity contribution is -0.121. The van der Waals surface area contributed by atoms with Crippen LogP contribution in [0.3, 0.4) is 0 Å². The van der Waals surface area contributed by atoms with Gasteiger partial charge in [-0.05, 0) is 43.3 Å². The summed E-state index contributed by atoms with van der Waals surface area (Å²) in [4.78, 5) is 37.8. The Kier molecular flexibility index (Phi) is 5.84. The molecule has 0 bridgehead atoms. The highest BCUT2D eigenvalue weighted by Gasteiger charge is 2.26. The molecule has 0 fully saturated rings. The van der Waals surface area contributed by atoms with Crippen molar-refractivity contribution in [3.05, 3.63) is 47.0 Å². The van der Waals surface area contributed by atoms with Crippen LogP contribution in [0, 0.1) is 0 Å². The van der Waals surface area contributed by atoms with Gasteiger partial charge in [0, 0.05) is 23.6 Å². The molecular weight excluding hydrogens is 384 g/mol. The first-order chi connectivity index (χ1) is 13.4.